The molecule has 0 N–H and O–H groups in total. The van der Waals surface area contributed by atoms with E-state index in [2.05, 4.69) is 11.0 Å². The lowest BCUT2D eigenvalue weighted by atomic mass is 9.91. The first kappa shape index (κ1) is 20.9. The molecule has 0 radical (unpaired) electrons. The third-order valence-electron chi connectivity index (χ3n) is 5.82. The molecule has 1 saturated carbocycles. The minimum absolute atomic E-state index is 0.0341. The Labute approximate surface area is 168 Å². The average Bonchev–Trinajstić information content (AvgIpc) is 3.15. The van der Waals surface area contributed by atoms with Crippen LogP contribution in [0.4, 0.5) is 0 Å². The summed E-state index contributed by atoms with van der Waals surface area (Å²) in [7, 11) is 3.30. The maximum absolute atomic E-state index is 11.2. The van der Waals surface area contributed by atoms with Crippen LogP contribution >= 0.6 is 0 Å². The molecule has 0 aromatic heterocycles. The quantitative estimate of drug-likeness (QED) is 0.634. The lowest BCUT2D eigenvalue weighted by Crippen LogP contribution is -2.46. The summed E-state index contributed by atoms with van der Waals surface area (Å²) in [6.07, 6.45) is 6.79. The Balaban J connectivity index is 1.52. The number of hydrogen-bond acceptors (Lipinski definition) is 6. The molecule has 1 aliphatic heterocycles. The number of benzene rings is 1. The Hall–Kier alpha value is -1.79. The van der Waals surface area contributed by atoms with Crippen LogP contribution in [0, 0.1) is 0 Å². The van der Waals surface area contributed by atoms with Crippen LogP contribution in [0.25, 0.3) is 0 Å². The second-order valence-electron chi connectivity index (χ2n) is 7.72. The minimum atomic E-state index is -0.182. The number of methoxy groups -OCH3 is 2. The van der Waals surface area contributed by atoms with Crippen molar-refractivity contribution in [1.29, 1.82) is 0 Å². The lowest BCUT2D eigenvalue weighted by molar-refractivity contribution is -0.145. The molecule has 1 aromatic rings. The van der Waals surface area contributed by atoms with Gasteiger partial charge in [0.2, 0.25) is 0 Å². The fourth-order valence-electron chi connectivity index (χ4n) is 4.44. The molecule has 1 aliphatic carbocycles. The van der Waals surface area contributed by atoms with Crippen LogP contribution in [0.5, 0.6) is 11.5 Å². The van der Waals surface area contributed by atoms with Crippen LogP contribution in [0.3, 0.4) is 0 Å². The third kappa shape index (κ3) is 5.39. The van der Waals surface area contributed by atoms with Crippen molar-refractivity contribution in [2.24, 2.45) is 0 Å². The van der Waals surface area contributed by atoms with E-state index < -0.39 is 0 Å². The fraction of sp³-hybridized carbons (Fsp3) is 0.682. The van der Waals surface area contributed by atoms with E-state index in [1.807, 2.05) is 12.1 Å². The van der Waals surface area contributed by atoms with Crippen molar-refractivity contribution in [3.05, 3.63) is 23.8 Å². The van der Waals surface area contributed by atoms with Crippen LogP contribution < -0.4 is 9.47 Å². The predicted molar refractivity (Wildman–Crippen MR) is 107 cm³/mol. The molecule has 1 saturated heterocycles. The number of hydrogen-bond donors (Lipinski definition) is 0. The SMILES string of the molecule is COc1ccc(CCO[C@@H]2CCCC[C@H]2N2CCC(OC(C)=O)C2)cc1OC. The van der Waals surface area contributed by atoms with Gasteiger partial charge >= 0.3 is 5.97 Å². The summed E-state index contributed by atoms with van der Waals surface area (Å²) >= 11 is 0. The number of esters is 1. The normalized spacial score (nSPS) is 25.5. The Morgan fingerprint density at radius 2 is 1.89 bits per heavy atom. The molecule has 1 heterocycles. The maximum atomic E-state index is 11.2. The Kier molecular flexibility index (Phi) is 7.57. The summed E-state index contributed by atoms with van der Waals surface area (Å²) in [4.78, 5) is 13.7. The first-order valence-corrected chi connectivity index (χ1v) is 10.3. The third-order valence-corrected chi connectivity index (χ3v) is 5.82. The number of carbonyl (C=O) groups excluding carboxylic acids is 1. The molecule has 6 heteroatoms. The second kappa shape index (κ2) is 10.1. The molecule has 3 atom stereocenters. The summed E-state index contributed by atoms with van der Waals surface area (Å²) in [6.45, 7) is 4.00. The highest BCUT2D eigenvalue weighted by Crippen LogP contribution is 2.30. The summed E-state index contributed by atoms with van der Waals surface area (Å²) in [5, 5.41) is 0. The predicted octanol–water partition coefficient (Wildman–Crippen LogP) is 3.21. The summed E-state index contributed by atoms with van der Waals surface area (Å²) in [5.74, 6) is 1.32. The Bertz CT molecular complexity index is 650. The maximum Gasteiger partial charge on any atom is 0.302 e. The van der Waals surface area contributed by atoms with Crippen molar-refractivity contribution >= 4 is 5.97 Å². The number of ether oxygens (including phenoxy) is 4. The lowest BCUT2D eigenvalue weighted by Gasteiger charge is -2.37. The molecule has 3 rings (SSSR count). The number of nitrogens with zero attached hydrogens (tertiary/aromatic N) is 1. The van der Waals surface area contributed by atoms with Gasteiger partial charge in [-0.05, 0) is 43.4 Å². The van der Waals surface area contributed by atoms with Gasteiger partial charge in [0.15, 0.2) is 11.5 Å². The molecule has 0 amide bonds. The smallest absolute Gasteiger partial charge is 0.302 e. The summed E-state index contributed by atoms with van der Waals surface area (Å²) < 4.78 is 22.4. The highest BCUT2D eigenvalue weighted by molar-refractivity contribution is 5.66. The summed E-state index contributed by atoms with van der Waals surface area (Å²) in [6, 6.07) is 6.45. The molecule has 0 bridgehead atoms. The zero-order chi connectivity index (χ0) is 19.9. The van der Waals surface area contributed by atoms with E-state index in [4.69, 9.17) is 18.9 Å². The van der Waals surface area contributed by atoms with Gasteiger partial charge in [0.1, 0.15) is 6.10 Å². The van der Waals surface area contributed by atoms with Gasteiger partial charge in [0.25, 0.3) is 0 Å². The molecule has 2 fully saturated rings. The zero-order valence-electron chi connectivity index (χ0n) is 17.3. The van der Waals surface area contributed by atoms with Gasteiger partial charge in [-0.15, -0.1) is 0 Å². The van der Waals surface area contributed by atoms with E-state index >= 15 is 0 Å². The van der Waals surface area contributed by atoms with E-state index in [1.54, 1.807) is 14.2 Å². The molecule has 156 valence electrons. The largest absolute Gasteiger partial charge is 0.493 e. The van der Waals surface area contributed by atoms with Gasteiger partial charge < -0.3 is 18.9 Å². The van der Waals surface area contributed by atoms with Gasteiger partial charge in [0.05, 0.1) is 26.9 Å². The summed E-state index contributed by atoms with van der Waals surface area (Å²) in [5.41, 5.74) is 1.18. The monoisotopic (exact) mass is 391 g/mol. The van der Waals surface area contributed by atoms with Gasteiger partial charge in [-0.3, -0.25) is 9.69 Å². The van der Waals surface area contributed by atoms with Gasteiger partial charge in [-0.2, -0.15) is 0 Å². The first-order chi connectivity index (χ1) is 13.6. The Morgan fingerprint density at radius 1 is 1.11 bits per heavy atom. The molecular weight excluding hydrogens is 358 g/mol. The molecule has 28 heavy (non-hydrogen) atoms. The standard InChI is InChI=1S/C22H33NO5/c1-16(24)28-18-10-12-23(15-18)19-6-4-5-7-20(19)27-13-11-17-8-9-21(25-2)22(14-17)26-3/h8-9,14,18-20H,4-7,10-13,15H2,1-3H3/t18?,19-,20-/m1/s1. The average molecular weight is 392 g/mol. The second-order valence-corrected chi connectivity index (χ2v) is 7.72. The van der Waals surface area contributed by atoms with Crippen LogP contribution in [0.15, 0.2) is 18.2 Å². The zero-order valence-corrected chi connectivity index (χ0v) is 17.3. The molecule has 0 spiro atoms. The van der Waals surface area contributed by atoms with Crippen molar-refractivity contribution in [1.82, 2.24) is 4.90 Å². The van der Waals surface area contributed by atoms with Crippen molar-refractivity contribution in [3.8, 4) is 11.5 Å². The molecular formula is C22H33NO5. The number of likely N-dealkylation sites (tertiary alicyclic amines) is 1. The molecule has 2 aliphatic rings. The van der Waals surface area contributed by atoms with Crippen molar-refractivity contribution in [2.45, 2.75) is 63.7 Å². The van der Waals surface area contributed by atoms with E-state index in [0.717, 1.165) is 50.3 Å². The van der Waals surface area contributed by atoms with E-state index in [-0.39, 0.29) is 18.2 Å². The van der Waals surface area contributed by atoms with E-state index in [1.165, 1.54) is 25.3 Å². The number of carbonyl (C=O) groups is 1. The molecule has 1 unspecified atom stereocenters. The van der Waals surface area contributed by atoms with Gasteiger partial charge in [-0.25, -0.2) is 0 Å². The van der Waals surface area contributed by atoms with E-state index in [0.29, 0.717) is 12.6 Å². The van der Waals surface area contributed by atoms with Gasteiger partial charge in [0, 0.05) is 26.1 Å². The molecule has 6 nitrogen and oxygen atoms in total. The van der Waals surface area contributed by atoms with Crippen molar-refractivity contribution in [2.75, 3.05) is 33.9 Å². The van der Waals surface area contributed by atoms with E-state index in [9.17, 15) is 4.79 Å². The highest BCUT2D eigenvalue weighted by atomic mass is 16.5. The molecule has 1 aromatic carbocycles. The van der Waals surface area contributed by atoms with Crippen LogP contribution in [-0.2, 0) is 20.7 Å². The highest BCUT2D eigenvalue weighted by Gasteiger charge is 2.36. The topological polar surface area (TPSA) is 57.2 Å². The number of rotatable bonds is 8. The van der Waals surface area contributed by atoms with Crippen molar-refractivity contribution in [3.63, 3.8) is 0 Å². The minimum Gasteiger partial charge on any atom is -0.493 e. The van der Waals surface area contributed by atoms with Crippen LogP contribution in [0.1, 0.15) is 44.6 Å². The van der Waals surface area contributed by atoms with Gasteiger partial charge in [-0.1, -0.05) is 18.9 Å². The van der Waals surface area contributed by atoms with Crippen molar-refractivity contribution < 1.29 is 23.7 Å². The fourth-order valence-corrected chi connectivity index (χ4v) is 4.44. The van der Waals surface area contributed by atoms with Crippen LogP contribution in [-0.4, -0.2) is 63.0 Å². The Morgan fingerprint density at radius 3 is 2.64 bits per heavy atom. The van der Waals surface area contributed by atoms with Crippen LogP contribution in [0.2, 0.25) is 0 Å². The first-order valence-electron chi connectivity index (χ1n) is 10.3.